The molecule has 2 fully saturated rings. The van der Waals surface area contributed by atoms with Crippen LogP contribution in [0.2, 0.25) is 0 Å². The summed E-state index contributed by atoms with van der Waals surface area (Å²) in [6, 6.07) is 5.57. The number of anilines is 1. The lowest BCUT2D eigenvalue weighted by molar-refractivity contribution is -0.135. The highest BCUT2D eigenvalue weighted by molar-refractivity contribution is 6.02. The summed E-state index contributed by atoms with van der Waals surface area (Å²) < 4.78 is 14.7. The number of esters is 2. The number of furan rings is 1. The number of nitrogens with zero attached hydrogens (tertiary/aromatic N) is 1. The number of nitrogens with one attached hydrogen (secondary N) is 2. The molecule has 2 N–H and O–H groups in total. The van der Waals surface area contributed by atoms with Crippen molar-refractivity contribution in [3.63, 3.8) is 0 Å². The van der Waals surface area contributed by atoms with E-state index in [4.69, 9.17) is 13.9 Å². The van der Waals surface area contributed by atoms with Gasteiger partial charge in [-0.25, -0.2) is 9.59 Å². The minimum Gasteiger partial charge on any atom is -0.465 e. The molecule has 4 rings (SSSR count). The number of rotatable bonds is 6. The van der Waals surface area contributed by atoms with Gasteiger partial charge in [-0.1, -0.05) is 12.8 Å². The molecule has 1 aromatic carbocycles. The van der Waals surface area contributed by atoms with Crippen molar-refractivity contribution in [2.75, 3.05) is 19.5 Å². The number of hydrogen-bond donors (Lipinski definition) is 2. The Morgan fingerprint density at radius 1 is 1.06 bits per heavy atom. The number of fused-ring (bicyclic) bond motifs is 1. The van der Waals surface area contributed by atoms with E-state index >= 15 is 0 Å². The first kappa shape index (κ1) is 25.0. The van der Waals surface area contributed by atoms with E-state index in [0.29, 0.717) is 6.42 Å². The Balaban J connectivity index is 1.59. The summed E-state index contributed by atoms with van der Waals surface area (Å²) in [5.74, 6) is -2.78. The third-order valence-electron chi connectivity index (χ3n) is 6.46. The van der Waals surface area contributed by atoms with Crippen LogP contribution in [0.3, 0.4) is 0 Å². The van der Waals surface area contributed by atoms with Crippen molar-refractivity contribution in [3.8, 4) is 0 Å². The van der Waals surface area contributed by atoms with Crippen molar-refractivity contribution >= 4 is 35.3 Å². The monoisotopic (exact) mass is 497 g/mol. The van der Waals surface area contributed by atoms with E-state index in [1.165, 1.54) is 49.6 Å². The molecule has 190 valence electrons. The Morgan fingerprint density at radius 2 is 1.72 bits per heavy atom. The topological polar surface area (TPSA) is 144 Å². The highest BCUT2D eigenvalue weighted by Crippen LogP contribution is 2.31. The third kappa shape index (κ3) is 5.09. The van der Waals surface area contributed by atoms with Crippen LogP contribution in [0.4, 0.5) is 5.69 Å². The number of amides is 3. The molecular formula is C25H27N3O8. The molecule has 1 aromatic heterocycles. The van der Waals surface area contributed by atoms with Crippen LogP contribution in [0.25, 0.3) is 0 Å². The molecule has 0 radical (unpaired) electrons. The van der Waals surface area contributed by atoms with Crippen LogP contribution in [0.1, 0.15) is 63.4 Å². The van der Waals surface area contributed by atoms with Crippen molar-refractivity contribution in [3.05, 3.63) is 53.5 Å². The van der Waals surface area contributed by atoms with Crippen LogP contribution < -0.4 is 10.6 Å². The summed E-state index contributed by atoms with van der Waals surface area (Å²) in [7, 11) is 2.38. The van der Waals surface area contributed by atoms with Crippen molar-refractivity contribution in [1.82, 2.24) is 10.2 Å². The Bertz CT molecular complexity index is 1140. The molecular weight excluding hydrogens is 470 g/mol. The number of piperazine rings is 1. The average molecular weight is 498 g/mol. The normalized spacial score (nSPS) is 21.1. The number of hydrogen-bond acceptors (Lipinski definition) is 8. The standard InChI is InChI=1S/C25H27N3O8/c1-34-24(32)14-10-15(25(33)35-2)12-16(11-14)26-21(29)13-19-22(30)27-17-6-3-4-7-18(17)28(19)23(31)20-8-5-9-36-20/h5,8-12,17-19H,3-4,6-7,13H2,1-2H3,(H,26,29)(H,27,30)/t17-,18+,19+/m0/s1. The van der Waals surface area contributed by atoms with Crippen molar-refractivity contribution in [1.29, 1.82) is 0 Å². The molecule has 11 nitrogen and oxygen atoms in total. The van der Waals surface area contributed by atoms with Gasteiger partial charge < -0.3 is 29.4 Å². The fourth-order valence-corrected chi connectivity index (χ4v) is 4.82. The number of carbonyl (C=O) groups excluding carboxylic acids is 5. The zero-order chi connectivity index (χ0) is 25.8. The van der Waals surface area contributed by atoms with E-state index in [2.05, 4.69) is 10.6 Å². The van der Waals surface area contributed by atoms with Crippen LogP contribution >= 0.6 is 0 Å². The fraction of sp³-hybridized carbons (Fsp3) is 0.400. The second-order valence-electron chi connectivity index (χ2n) is 8.71. The SMILES string of the molecule is COC(=O)c1cc(NC(=O)C[C@@H]2C(=O)N[C@H]3CCCC[C@H]3N2C(=O)c2ccco2)cc(C(=O)OC)c1. The van der Waals surface area contributed by atoms with E-state index in [1.54, 1.807) is 6.07 Å². The fourth-order valence-electron chi connectivity index (χ4n) is 4.82. The highest BCUT2D eigenvalue weighted by atomic mass is 16.5. The molecule has 36 heavy (non-hydrogen) atoms. The molecule has 1 saturated carbocycles. The molecule has 2 aromatic rings. The van der Waals surface area contributed by atoms with Crippen LogP contribution in [0.15, 0.2) is 41.0 Å². The summed E-state index contributed by atoms with van der Waals surface area (Å²) in [5.41, 5.74) is 0.204. The first-order valence-electron chi connectivity index (χ1n) is 11.6. The summed E-state index contributed by atoms with van der Waals surface area (Å²) in [4.78, 5) is 65.0. The molecule has 3 amide bonds. The van der Waals surface area contributed by atoms with Gasteiger partial charge in [0.05, 0.1) is 44.1 Å². The van der Waals surface area contributed by atoms with Gasteiger partial charge in [0.1, 0.15) is 6.04 Å². The lowest BCUT2D eigenvalue weighted by atomic mass is 9.85. The second kappa shape index (κ2) is 10.6. The number of ether oxygens (including phenoxy) is 2. The largest absolute Gasteiger partial charge is 0.465 e. The van der Waals surface area contributed by atoms with Crippen molar-refractivity contribution in [2.45, 2.75) is 50.2 Å². The second-order valence-corrected chi connectivity index (χ2v) is 8.71. The van der Waals surface area contributed by atoms with Crippen LogP contribution in [0.5, 0.6) is 0 Å². The maximum absolute atomic E-state index is 13.3. The van der Waals surface area contributed by atoms with E-state index in [-0.39, 0.29) is 41.1 Å². The lowest BCUT2D eigenvalue weighted by Gasteiger charge is -2.47. The maximum Gasteiger partial charge on any atom is 0.337 e. The summed E-state index contributed by atoms with van der Waals surface area (Å²) in [6.07, 6.45) is 4.32. The summed E-state index contributed by atoms with van der Waals surface area (Å²) >= 11 is 0. The van der Waals surface area contributed by atoms with Gasteiger partial charge in [0.25, 0.3) is 5.91 Å². The Hall–Kier alpha value is -4.15. The first-order valence-corrected chi connectivity index (χ1v) is 11.6. The molecule has 0 spiro atoms. The molecule has 0 bridgehead atoms. The van der Waals surface area contributed by atoms with E-state index in [9.17, 15) is 24.0 Å². The quantitative estimate of drug-likeness (QED) is 0.578. The zero-order valence-electron chi connectivity index (χ0n) is 19.9. The van der Waals surface area contributed by atoms with E-state index in [1.807, 2.05) is 0 Å². The smallest absolute Gasteiger partial charge is 0.337 e. The molecule has 1 aliphatic carbocycles. The minimum absolute atomic E-state index is 0.0331. The first-order chi connectivity index (χ1) is 17.3. The Kier molecular flexibility index (Phi) is 7.37. The Labute approximate surface area is 207 Å². The molecule has 11 heteroatoms. The van der Waals surface area contributed by atoms with Gasteiger partial charge in [-0.2, -0.15) is 0 Å². The average Bonchev–Trinajstić information content (AvgIpc) is 3.42. The molecule has 0 unspecified atom stereocenters. The summed E-state index contributed by atoms with van der Waals surface area (Å²) in [6.45, 7) is 0. The number of methoxy groups -OCH3 is 2. The van der Waals surface area contributed by atoms with Gasteiger partial charge in [0, 0.05) is 11.7 Å². The molecule has 2 aliphatic rings. The summed E-state index contributed by atoms with van der Waals surface area (Å²) in [5, 5.41) is 5.58. The third-order valence-corrected chi connectivity index (χ3v) is 6.46. The van der Waals surface area contributed by atoms with Gasteiger partial charge in [0.15, 0.2) is 5.76 Å². The van der Waals surface area contributed by atoms with Gasteiger partial charge in [-0.15, -0.1) is 0 Å². The lowest BCUT2D eigenvalue weighted by Crippen LogP contribution is -2.68. The predicted octanol–water partition coefficient (Wildman–Crippen LogP) is 2.13. The van der Waals surface area contributed by atoms with Crippen LogP contribution in [-0.2, 0) is 19.1 Å². The minimum atomic E-state index is -1.06. The molecule has 1 saturated heterocycles. The van der Waals surface area contributed by atoms with E-state index in [0.717, 1.165) is 19.3 Å². The molecule has 1 aliphatic heterocycles. The predicted molar refractivity (Wildman–Crippen MR) is 125 cm³/mol. The number of benzene rings is 1. The van der Waals surface area contributed by atoms with Crippen LogP contribution in [-0.4, -0.2) is 66.9 Å². The molecule has 2 heterocycles. The van der Waals surface area contributed by atoms with Gasteiger partial charge >= 0.3 is 11.9 Å². The van der Waals surface area contributed by atoms with Gasteiger partial charge in [0.2, 0.25) is 11.8 Å². The Morgan fingerprint density at radius 3 is 2.33 bits per heavy atom. The van der Waals surface area contributed by atoms with Crippen LogP contribution in [0, 0.1) is 0 Å². The zero-order valence-corrected chi connectivity index (χ0v) is 19.9. The van der Waals surface area contributed by atoms with Crippen molar-refractivity contribution in [2.24, 2.45) is 0 Å². The van der Waals surface area contributed by atoms with Gasteiger partial charge in [-0.05, 0) is 43.2 Å². The van der Waals surface area contributed by atoms with E-state index < -0.39 is 35.7 Å². The molecule has 3 atom stereocenters. The van der Waals surface area contributed by atoms with Gasteiger partial charge in [-0.3, -0.25) is 14.4 Å². The van der Waals surface area contributed by atoms with Crippen molar-refractivity contribution < 1.29 is 37.9 Å². The highest BCUT2D eigenvalue weighted by Gasteiger charge is 2.46. The number of carbonyl (C=O) groups is 5. The maximum atomic E-state index is 13.3.